The maximum Gasteiger partial charge on any atom is 0.321 e. The summed E-state index contributed by atoms with van der Waals surface area (Å²) in [4.78, 5) is 22.9. The SMILES string of the molecule is CC(C)C[C@H](N[C@@H](Cc1ccc(-c2ccsc2)cc1)C(=O)O)C(=O)O. The zero-order chi connectivity index (χ0) is 18.4. The number of benzene rings is 1. The van der Waals surface area contributed by atoms with E-state index in [2.05, 4.69) is 10.7 Å². The van der Waals surface area contributed by atoms with Crippen molar-refractivity contribution in [2.24, 2.45) is 5.92 Å². The second-order valence-corrected chi connectivity index (χ2v) is 7.27. The standard InChI is InChI=1S/C19H23NO4S/c1-12(2)9-16(18(21)22)20-17(19(23)24)10-13-3-5-14(6-4-13)15-7-8-25-11-15/h3-8,11-12,16-17,20H,9-10H2,1-2H3,(H,21,22)(H,23,24)/t16-,17-/m0/s1. The highest BCUT2D eigenvalue weighted by atomic mass is 32.1. The quantitative estimate of drug-likeness (QED) is 0.636. The number of carbonyl (C=O) groups is 2. The molecule has 0 aliphatic carbocycles. The highest BCUT2D eigenvalue weighted by Crippen LogP contribution is 2.22. The molecule has 1 aromatic heterocycles. The fourth-order valence-electron chi connectivity index (χ4n) is 2.67. The maximum absolute atomic E-state index is 11.5. The van der Waals surface area contributed by atoms with Crippen molar-refractivity contribution < 1.29 is 19.8 Å². The van der Waals surface area contributed by atoms with Crippen molar-refractivity contribution in [3.63, 3.8) is 0 Å². The number of rotatable bonds is 9. The molecule has 5 nitrogen and oxygen atoms in total. The first-order valence-corrected chi connectivity index (χ1v) is 9.14. The minimum Gasteiger partial charge on any atom is -0.480 e. The fraction of sp³-hybridized carbons (Fsp3) is 0.368. The molecule has 134 valence electrons. The van der Waals surface area contributed by atoms with E-state index in [1.54, 1.807) is 11.3 Å². The van der Waals surface area contributed by atoms with Gasteiger partial charge >= 0.3 is 11.9 Å². The van der Waals surface area contributed by atoms with E-state index in [0.29, 0.717) is 6.42 Å². The van der Waals surface area contributed by atoms with Crippen LogP contribution < -0.4 is 5.32 Å². The molecule has 0 amide bonds. The lowest BCUT2D eigenvalue weighted by Gasteiger charge is -2.21. The van der Waals surface area contributed by atoms with E-state index in [1.807, 2.05) is 49.6 Å². The Morgan fingerprint density at radius 1 is 1.00 bits per heavy atom. The third kappa shape index (κ3) is 5.69. The highest BCUT2D eigenvalue weighted by molar-refractivity contribution is 7.08. The van der Waals surface area contributed by atoms with Crippen molar-refractivity contribution in [2.45, 2.75) is 38.8 Å². The molecule has 3 N–H and O–H groups in total. The van der Waals surface area contributed by atoms with Gasteiger partial charge in [-0.3, -0.25) is 14.9 Å². The minimum atomic E-state index is -1.04. The molecule has 0 spiro atoms. The van der Waals surface area contributed by atoms with E-state index in [0.717, 1.165) is 16.7 Å². The lowest BCUT2D eigenvalue weighted by Crippen LogP contribution is -2.48. The van der Waals surface area contributed by atoms with Gasteiger partial charge in [-0.15, -0.1) is 0 Å². The summed E-state index contributed by atoms with van der Waals surface area (Å²) in [6, 6.07) is 7.92. The van der Waals surface area contributed by atoms with Crippen molar-refractivity contribution in [2.75, 3.05) is 0 Å². The summed E-state index contributed by atoms with van der Waals surface area (Å²) in [6.45, 7) is 3.83. The minimum absolute atomic E-state index is 0.160. The van der Waals surface area contributed by atoms with Gasteiger partial charge < -0.3 is 10.2 Å². The molecule has 0 bridgehead atoms. The van der Waals surface area contributed by atoms with Gasteiger partial charge in [0.15, 0.2) is 0 Å². The van der Waals surface area contributed by atoms with Crippen LogP contribution in [-0.4, -0.2) is 34.2 Å². The number of nitrogens with one attached hydrogen (secondary N) is 1. The van der Waals surface area contributed by atoms with Crippen molar-refractivity contribution in [1.82, 2.24) is 5.32 Å². The molecular formula is C19H23NO4S. The van der Waals surface area contributed by atoms with E-state index in [9.17, 15) is 19.8 Å². The number of aliphatic carboxylic acids is 2. The zero-order valence-electron chi connectivity index (χ0n) is 14.3. The summed E-state index contributed by atoms with van der Waals surface area (Å²) in [5.41, 5.74) is 3.06. The molecule has 2 atom stereocenters. The normalized spacial score (nSPS) is 13.6. The fourth-order valence-corrected chi connectivity index (χ4v) is 3.33. The molecule has 0 fully saturated rings. The molecular weight excluding hydrogens is 338 g/mol. The molecule has 1 aromatic carbocycles. The van der Waals surface area contributed by atoms with Crippen molar-refractivity contribution in [3.05, 3.63) is 46.7 Å². The summed E-state index contributed by atoms with van der Waals surface area (Å²) in [7, 11) is 0. The van der Waals surface area contributed by atoms with Crippen LogP contribution in [0.25, 0.3) is 11.1 Å². The summed E-state index contributed by atoms with van der Waals surface area (Å²) in [5.74, 6) is -1.90. The van der Waals surface area contributed by atoms with E-state index in [1.165, 1.54) is 0 Å². The van der Waals surface area contributed by atoms with E-state index < -0.39 is 24.0 Å². The summed E-state index contributed by atoms with van der Waals surface area (Å²) in [6.07, 6.45) is 0.622. The molecule has 0 aliphatic rings. The molecule has 2 aromatic rings. The van der Waals surface area contributed by atoms with E-state index >= 15 is 0 Å². The van der Waals surface area contributed by atoms with Gasteiger partial charge in [0.05, 0.1) is 0 Å². The highest BCUT2D eigenvalue weighted by Gasteiger charge is 2.26. The molecule has 0 unspecified atom stereocenters. The van der Waals surface area contributed by atoms with Crippen LogP contribution in [0, 0.1) is 5.92 Å². The lowest BCUT2D eigenvalue weighted by molar-refractivity contribution is -0.142. The Bertz CT molecular complexity index is 695. The summed E-state index contributed by atoms with van der Waals surface area (Å²) >= 11 is 1.62. The van der Waals surface area contributed by atoms with Crippen LogP contribution in [0.2, 0.25) is 0 Å². The molecule has 2 rings (SSSR count). The average Bonchev–Trinajstić information content (AvgIpc) is 3.07. The average molecular weight is 361 g/mol. The molecule has 6 heteroatoms. The van der Waals surface area contributed by atoms with Gasteiger partial charge in [0.25, 0.3) is 0 Å². The first-order chi connectivity index (χ1) is 11.9. The van der Waals surface area contributed by atoms with Gasteiger partial charge in [-0.25, -0.2) is 0 Å². The predicted octanol–water partition coefficient (Wildman–Crippen LogP) is 3.50. The second-order valence-electron chi connectivity index (χ2n) is 6.49. The molecule has 1 heterocycles. The number of carboxylic acids is 2. The van der Waals surface area contributed by atoms with E-state index in [4.69, 9.17) is 0 Å². The number of hydrogen-bond acceptors (Lipinski definition) is 4. The van der Waals surface area contributed by atoms with Gasteiger partial charge in [0, 0.05) is 0 Å². The van der Waals surface area contributed by atoms with Crippen LogP contribution in [0.3, 0.4) is 0 Å². The Morgan fingerprint density at radius 2 is 1.64 bits per heavy atom. The van der Waals surface area contributed by atoms with Crippen LogP contribution in [0.5, 0.6) is 0 Å². The van der Waals surface area contributed by atoms with Crippen LogP contribution in [0.15, 0.2) is 41.1 Å². The number of thiophene rings is 1. The van der Waals surface area contributed by atoms with Gasteiger partial charge in [-0.2, -0.15) is 11.3 Å². The Labute approximate surface area is 151 Å². The Hall–Kier alpha value is -2.18. The molecule has 0 radical (unpaired) electrons. The van der Waals surface area contributed by atoms with Gasteiger partial charge in [-0.1, -0.05) is 38.1 Å². The van der Waals surface area contributed by atoms with Crippen LogP contribution in [-0.2, 0) is 16.0 Å². The molecule has 0 saturated carbocycles. The largest absolute Gasteiger partial charge is 0.480 e. The summed E-state index contributed by atoms with van der Waals surface area (Å²) < 4.78 is 0. The lowest BCUT2D eigenvalue weighted by atomic mass is 9.99. The number of carboxylic acid groups (broad SMARTS) is 2. The second kappa shape index (κ2) is 8.78. The third-order valence-corrected chi connectivity index (χ3v) is 4.64. The van der Waals surface area contributed by atoms with Crippen molar-refractivity contribution >= 4 is 23.3 Å². The monoisotopic (exact) mass is 361 g/mol. The topological polar surface area (TPSA) is 86.6 Å². The predicted molar refractivity (Wildman–Crippen MR) is 98.9 cm³/mol. The summed E-state index contributed by atoms with van der Waals surface area (Å²) in [5, 5.41) is 25.6. The van der Waals surface area contributed by atoms with Crippen molar-refractivity contribution in [1.29, 1.82) is 0 Å². The molecule has 25 heavy (non-hydrogen) atoms. The maximum atomic E-state index is 11.5. The molecule has 0 saturated heterocycles. The van der Waals surface area contributed by atoms with Gasteiger partial charge in [-0.05, 0) is 52.3 Å². The molecule has 0 aliphatic heterocycles. The van der Waals surface area contributed by atoms with E-state index in [-0.39, 0.29) is 12.3 Å². The van der Waals surface area contributed by atoms with Gasteiger partial charge in [0.2, 0.25) is 0 Å². The Balaban J connectivity index is 2.08. The van der Waals surface area contributed by atoms with Crippen LogP contribution >= 0.6 is 11.3 Å². The Morgan fingerprint density at radius 3 is 2.12 bits per heavy atom. The van der Waals surface area contributed by atoms with Crippen LogP contribution in [0.4, 0.5) is 0 Å². The third-order valence-electron chi connectivity index (χ3n) is 3.95. The first kappa shape index (κ1) is 19.1. The zero-order valence-corrected chi connectivity index (χ0v) is 15.1. The smallest absolute Gasteiger partial charge is 0.321 e. The number of hydrogen-bond donors (Lipinski definition) is 3. The van der Waals surface area contributed by atoms with Gasteiger partial charge in [0.1, 0.15) is 12.1 Å². The first-order valence-electron chi connectivity index (χ1n) is 8.20. The van der Waals surface area contributed by atoms with Crippen molar-refractivity contribution in [3.8, 4) is 11.1 Å². The van der Waals surface area contributed by atoms with Crippen LogP contribution in [0.1, 0.15) is 25.8 Å². The Kier molecular flexibility index (Phi) is 6.73.